The maximum absolute atomic E-state index is 13.4. The van der Waals surface area contributed by atoms with Gasteiger partial charge in [-0.25, -0.2) is 0 Å². The van der Waals surface area contributed by atoms with E-state index in [1.807, 2.05) is 0 Å². The quantitative estimate of drug-likeness (QED) is 0.878. The molecule has 0 bridgehead atoms. The van der Waals surface area contributed by atoms with Crippen LogP contribution in [0.1, 0.15) is 12.0 Å². The summed E-state index contributed by atoms with van der Waals surface area (Å²) in [7, 11) is 0. The lowest BCUT2D eigenvalue weighted by Crippen LogP contribution is -2.38. The molecule has 1 N–H and O–H groups in total. The van der Waals surface area contributed by atoms with E-state index in [1.165, 1.54) is 12.1 Å². The minimum absolute atomic E-state index is 0.127. The Labute approximate surface area is 151 Å². The molecule has 1 aliphatic rings. The van der Waals surface area contributed by atoms with Gasteiger partial charge in [0.05, 0.1) is 5.71 Å². The number of rotatable bonds is 4. The number of aromatic nitrogens is 1. The van der Waals surface area contributed by atoms with Gasteiger partial charge in [0.15, 0.2) is 5.25 Å². The molecule has 1 aromatic heterocycles. The molecular formula is C17H13F3N4OS. The molecule has 3 rings (SSSR count). The van der Waals surface area contributed by atoms with Crippen molar-refractivity contribution in [1.82, 2.24) is 4.98 Å². The summed E-state index contributed by atoms with van der Waals surface area (Å²) < 4.78 is 40.1. The number of halogens is 3. The standard InChI is InChI=1S/C17H13F3N4OS/c18-17(19,20)15(16(25)22-12-6-2-1-3-7-12)26-14-9-13(23-24-14)11-5-4-8-21-10-11/h1-8,10,15H,9H2,(H,22,25). The van der Waals surface area contributed by atoms with E-state index in [-0.39, 0.29) is 11.5 Å². The minimum atomic E-state index is -4.72. The summed E-state index contributed by atoms with van der Waals surface area (Å²) in [6.07, 6.45) is -1.45. The van der Waals surface area contributed by atoms with Gasteiger partial charge in [0, 0.05) is 30.1 Å². The molecule has 1 atom stereocenters. The van der Waals surface area contributed by atoms with Crippen LogP contribution in [-0.2, 0) is 4.79 Å². The summed E-state index contributed by atoms with van der Waals surface area (Å²) in [5.74, 6) is -1.15. The molecule has 0 saturated carbocycles. The normalized spacial score (nSPS) is 15.2. The van der Waals surface area contributed by atoms with Gasteiger partial charge in [-0.05, 0) is 24.3 Å². The first-order chi connectivity index (χ1) is 12.4. The molecule has 0 saturated heterocycles. The third-order valence-corrected chi connectivity index (χ3v) is 4.64. The van der Waals surface area contributed by atoms with E-state index in [1.54, 1.807) is 42.7 Å². The summed E-state index contributed by atoms with van der Waals surface area (Å²) in [5, 5.41) is 7.85. The topological polar surface area (TPSA) is 66.7 Å². The number of hydrogen-bond donors (Lipinski definition) is 1. The molecule has 0 fully saturated rings. The number of thioether (sulfide) groups is 1. The van der Waals surface area contributed by atoms with Crippen LogP contribution in [0.2, 0.25) is 0 Å². The zero-order valence-corrected chi connectivity index (χ0v) is 14.1. The first-order valence-corrected chi connectivity index (χ1v) is 8.44. The number of carbonyl (C=O) groups excluding carboxylic acids is 1. The number of nitrogens with zero attached hydrogens (tertiary/aromatic N) is 3. The molecule has 9 heteroatoms. The fourth-order valence-corrected chi connectivity index (χ4v) is 3.10. The molecular weight excluding hydrogens is 365 g/mol. The maximum Gasteiger partial charge on any atom is 0.409 e. The van der Waals surface area contributed by atoms with Crippen molar-refractivity contribution in [1.29, 1.82) is 0 Å². The van der Waals surface area contributed by atoms with Crippen molar-refractivity contribution in [3.8, 4) is 0 Å². The second-order valence-electron chi connectivity index (χ2n) is 5.35. The fourth-order valence-electron chi connectivity index (χ4n) is 2.22. The van der Waals surface area contributed by atoms with E-state index in [0.717, 1.165) is 0 Å². The molecule has 2 aromatic rings. The Bertz CT molecular complexity index is 838. The molecule has 0 aliphatic carbocycles. The first-order valence-electron chi connectivity index (χ1n) is 7.56. The van der Waals surface area contributed by atoms with Crippen LogP contribution in [0, 0.1) is 0 Å². The van der Waals surface area contributed by atoms with Crippen LogP contribution in [0.5, 0.6) is 0 Å². The van der Waals surface area contributed by atoms with Gasteiger partial charge in [-0.2, -0.15) is 18.3 Å². The number of alkyl halides is 3. The lowest BCUT2D eigenvalue weighted by Gasteiger charge is -2.19. The Morgan fingerprint density at radius 1 is 1.12 bits per heavy atom. The number of carbonyl (C=O) groups is 1. The van der Waals surface area contributed by atoms with Gasteiger partial charge in [-0.1, -0.05) is 30.0 Å². The molecule has 5 nitrogen and oxygen atoms in total. The lowest BCUT2D eigenvalue weighted by molar-refractivity contribution is -0.146. The van der Waals surface area contributed by atoms with Crippen molar-refractivity contribution in [3.05, 3.63) is 60.4 Å². The van der Waals surface area contributed by atoms with Crippen LogP contribution in [0.3, 0.4) is 0 Å². The van der Waals surface area contributed by atoms with Gasteiger partial charge in [0.1, 0.15) is 5.04 Å². The highest BCUT2D eigenvalue weighted by Gasteiger charge is 2.46. The molecule has 1 amide bonds. The van der Waals surface area contributed by atoms with Crippen molar-refractivity contribution in [3.63, 3.8) is 0 Å². The van der Waals surface area contributed by atoms with Gasteiger partial charge in [0.2, 0.25) is 5.91 Å². The highest BCUT2D eigenvalue weighted by atomic mass is 32.2. The zero-order valence-electron chi connectivity index (χ0n) is 13.3. The number of benzene rings is 1. The highest BCUT2D eigenvalue weighted by molar-refractivity contribution is 8.15. The van der Waals surface area contributed by atoms with Gasteiger partial charge < -0.3 is 5.32 Å². The fraction of sp³-hybridized carbons (Fsp3) is 0.176. The molecule has 1 unspecified atom stereocenters. The van der Waals surface area contributed by atoms with Crippen molar-refractivity contribution in [2.45, 2.75) is 17.8 Å². The van der Waals surface area contributed by atoms with Crippen LogP contribution >= 0.6 is 11.8 Å². The first kappa shape index (κ1) is 18.1. The van der Waals surface area contributed by atoms with Gasteiger partial charge in [-0.15, -0.1) is 5.10 Å². The number of amides is 1. The number of hydrogen-bond acceptors (Lipinski definition) is 5. The van der Waals surface area contributed by atoms with Crippen LogP contribution in [0.4, 0.5) is 18.9 Å². The third-order valence-electron chi connectivity index (χ3n) is 3.43. The second kappa shape index (κ2) is 7.69. The maximum atomic E-state index is 13.4. The van der Waals surface area contributed by atoms with Crippen molar-refractivity contribution in [2.24, 2.45) is 10.2 Å². The molecule has 0 spiro atoms. The van der Waals surface area contributed by atoms with Crippen LogP contribution in [0.15, 0.2) is 65.1 Å². The lowest BCUT2D eigenvalue weighted by atomic mass is 10.1. The van der Waals surface area contributed by atoms with E-state index in [2.05, 4.69) is 20.5 Å². The smallest absolute Gasteiger partial charge is 0.325 e. The summed E-state index contributed by atoms with van der Waals surface area (Å²) in [6.45, 7) is 0. The number of nitrogens with one attached hydrogen (secondary N) is 1. The molecule has 26 heavy (non-hydrogen) atoms. The van der Waals surface area contributed by atoms with Crippen molar-refractivity contribution in [2.75, 3.05) is 5.32 Å². The van der Waals surface area contributed by atoms with Gasteiger partial charge in [0.25, 0.3) is 0 Å². The Balaban J connectivity index is 1.68. The van der Waals surface area contributed by atoms with Crippen LogP contribution in [-0.4, -0.2) is 33.1 Å². The average Bonchev–Trinajstić information content (AvgIpc) is 3.09. The van der Waals surface area contributed by atoms with Crippen molar-refractivity contribution >= 4 is 34.1 Å². The number of para-hydroxylation sites is 1. The Kier molecular flexibility index (Phi) is 5.36. The van der Waals surface area contributed by atoms with Crippen molar-refractivity contribution < 1.29 is 18.0 Å². The summed E-state index contributed by atoms with van der Waals surface area (Å²) in [5.41, 5.74) is 1.50. The number of pyridine rings is 1. The zero-order chi connectivity index (χ0) is 18.6. The van der Waals surface area contributed by atoms with E-state index in [9.17, 15) is 18.0 Å². The Morgan fingerprint density at radius 2 is 1.88 bits per heavy atom. The summed E-state index contributed by atoms with van der Waals surface area (Å²) >= 11 is 0.363. The van der Waals surface area contributed by atoms with Gasteiger partial charge >= 0.3 is 6.18 Å². The predicted molar refractivity (Wildman–Crippen MR) is 95.3 cm³/mol. The Morgan fingerprint density at radius 3 is 2.54 bits per heavy atom. The van der Waals surface area contributed by atoms with Crippen LogP contribution in [0.25, 0.3) is 0 Å². The average molecular weight is 378 g/mol. The van der Waals surface area contributed by atoms with E-state index >= 15 is 0 Å². The highest BCUT2D eigenvalue weighted by Crippen LogP contribution is 2.34. The van der Waals surface area contributed by atoms with E-state index < -0.39 is 17.3 Å². The van der Waals surface area contributed by atoms with Crippen LogP contribution < -0.4 is 5.32 Å². The largest absolute Gasteiger partial charge is 0.409 e. The van der Waals surface area contributed by atoms with E-state index in [0.29, 0.717) is 28.7 Å². The molecule has 134 valence electrons. The van der Waals surface area contributed by atoms with E-state index in [4.69, 9.17) is 0 Å². The third kappa shape index (κ3) is 4.48. The minimum Gasteiger partial charge on any atom is -0.325 e. The second-order valence-corrected chi connectivity index (χ2v) is 6.53. The predicted octanol–water partition coefficient (Wildman–Crippen LogP) is 3.89. The summed E-state index contributed by atoms with van der Waals surface area (Å²) in [4.78, 5) is 16.1. The summed E-state index contributed by atoms with van der Waals surface area (Å²) in [6, 6.07) is 11.4. The molecule has 0 radical (unpaired) electrons. The molecule has 2 heterocycles. The molecule has 1 aliphatic heterocycles. The Hall–Kier alpha value is -2.68. The monoisotopic (exact) mass is 378 g/mol. The number of anilines is 1. The van der Waals surface area contributed by atoms with Gasteiger partial charge in [-0.3, -0.25) is 9.78 Å². The SMILES string of the molecule is O=C(Nc1ccccc1)C(SC1=NN=C(c2cccnc2)C1)C(F)(F)F. The molecule has 1 aromatic carbocycles.